The Morgan fingerprint density at radius 3 is 2.47 bits per heavy atom. The van der Waals surface area contributed by atoms with Crippen LogP contribution in [0.2, 0.25) is 5.02 Å². The summed E-state index contributed by atoms with van der Waals surface area (Å²) in [7, 11) is 1.56. The number of carbonyl (C=O) groups is 1. The maximum Gasteiger partial charge on any atom is 0.410 e. The van der Waals surface area contributed by atoms with E-state index in [1.54, 1.807) is 19.2 Å². The van der Waals surface area contributed by atoms with Crippen LogP contribution in [0.15, 0.2) is 54.6 Å². The van der Waals surface area contributed by atoms with Crippen LogP contribution in [0.3, 0.4) is 0 Å². The van der Waals surface area contributed by atoms with Crippen molar-refractivity contribution in [1.82, 2.24) is 14.7 Å². The molecule has 3 aromatic rings. The fraction of sp³-hybridized carbons (Fsp3) is 0.304. The van der Waals surface area contributed by atoms with Gasteiger partial charge >= 0.3 is 6.18 Å². The summed E-state index contributed by atoms with van der Waals surface area (Å²) >= 11 is 6.42. The minimum absolute atomic E-state index is 0.00211. The summed E-state index contributed by atoms with van der Waals surface area (Å²) in [6, 6.07) is 14.0. The monoisotopic (exact) mass is 462 g/mol. The van der Waals surface area contributed by atoms with Gasteiger partial charge in [0.2, 0.25) is 0 Å². The fourth-order valence-corrected chi connectivity index (χ4v) is 4.11. The first-order valence-electron chi connectivity index (χ1n) is 10.1. The molecule has 0 aliphatic carbocycles. The van der Waals surface area contributed by atoms with Gasteiger partial charge in [-0.2, -0.15) is 18.3 Å². The zero-order valence-electron chi connectivity index (χ0n) is 17.5. The molecule has 2 atom stereocenters. The van der Waals surface area contributed by atoms with Gasteiger partial charge in [-0.1, -0.05) is 71.8 Å². The Labute approximate surface area is 188 Å². The maximum atomic E-state index is 13.9. The largest absolute Gasteiger partial charge is 0.410 e. The lowest BCUT2D eigenvalue weighted by molar-refractivity contribution is -0.173. The summed E-state index contributed by atoms with van der Waals surface area (Å²) in [5.41, 5.74) is 2.40. The lowest BCUT2D eigenvalue weighted by Gasteiger charge is -2.33. The van der Waals surface area contributed by atoms with Gasteiger partial charge in [-0.25, -0.2) is 4.68 Å². The number of carbonyl (C=O) groups excluding carboxylic acids is 1. The van der Waals surface area contributed by atoms with E-state index in [9.17, 15) is 18.0 Å². The van der Waals surface area contributed by atoms with Gasteiger partial charge in [-0.05, 0) is 18.1 Å². The zero-order chi connectivity index (χ0) is 23.0. The molecule has 32 heavy (non-hydrogen) atoms. The molecule has 1 N–H and O–H groups in total. The molecule has 1 aliphatic heterocycles. The second kappa shape index (κ2) is 8.50. The van der Waals surface area contributed by atoms with Crippen molar-refractivity contribution < 1.29 is 18.0 Å². The molecule has 0 spiro atoms. The number of nitrogens with zero attached hydrogens (tertiary/aromatic N) is 3. The summed E-state index contributed by atoms with van der Waals surface area (Å²) in [4.78, 5) is 14.4. The summed E-state index contributed by atoms with van der Waals surface area (Å²) in [6.45, 7) is 2.19. The van der Waals surface area contributed by atoms with Crippen molar-refractivity contribution in [3.05, 3.63) is 82.0 Å². The van der Waals surface area contributed by atoms with Gasteiger partial charge in [0.25, 0.3) is 5.91 Å². The molecule has 9 heteroatoms. The topological polar surface area (TPSA) is 50.2 Å². The molecule has 0 unspecified atom stereocenters. The molecule has 1 aliphatic rings. The maximum absolute atomic E-state index is 13.9. The van der Waals surface area contributed by atoms with Gasteiger partial charge in [0.15, 0.2) is 11.7 Å². The van der Waals surface area contributed by atoms with Crippen LogP contribution < -0.4 is 5.32 Å². The summed E-state index contributed by atoms with van der Waals surface area (Å²) in [6.07, 6.45) is -4.81. The molecule has 0 radical (unpaired) electrons. The summed E-state index contributed by atoms with van der Waals surface area (Å²) in [5.74, 6) is -0.544. The van der Waals surface area contributed by atoms with Crippen molar-refractivity contribution in [2.75, 3.05) is 12.4 Å². The van der Waals surface area contributed by atoms with Gasteiger partial charge in [0.1, 0.15) is 10.8 Å². The number of aromatic nitrogens is 2. The molecule has 1 amide bonds. The molecule has 0 saturated carbocycles. The molecule has 0 fully saturated rings. The van der Waals surface area contributed by atoms with E-state index >= 15 is 0 Å². The molecule has 4 rings (SSSR count). The molecule has 168 valence electrons. The number of anilines is 1. The van der Waals surface area contributed by atoms with Crippen LogP contribution in [-0.2, 0) is 6.54 Å². The molecule has 2 heterocycles. The van der Waals surface area contributed by atoms with Crippen LogP contribution in [-0.4, -0.2) is 33.8 Å². The van der Waals surface area contributed by atoms with Crippen molar-refractivity contribution in [1.29, 1.82) is 0 Å². The van der Waals surface area contributed by atoms with Crippen LogP contribution in [0.1, 0.15) is 45.7 Å². The van der Waals surface area contributed by atoms with Crippen molar-refractivity contribution in [3.63, 3.8) is 0 Å². The number of nitrogens with one attached hydrogen (secondary N) is 1. The van der Waals surface area contributed by atoms with Gasteiger partial charge in [-0.3, -0.25) is 4.79 Å². The third-order valence-electron chi connectivity index (χ3n) is 5.59. The van der Waals surface area contributed by atoms with E-state index in [0.717, 1.165) is 15.8 Å². The first kappa shape index (κ1) is 22.2. The zero-order valence-corrected chi connectivity index (χ0v) is 18.3. The average molecular weight is 463 g/mol. The predicted octanol–water partition coefficient (Wildman–Crippen LogP) is 5.78. The second-order valence-electron chi connectivity index (χ2n) is 8.00. The molecule has 2 aromatic carbocycles. The minimum Gasteiger partial charge on any atom is -0.362 e. The van der Waals surface area contributed by atoms with Gasteiger partial charge in [0.05, 0.1) is 6.04 Å². The standard InChI is InChI=1S/C23H22ClF3N4O/c1-14-8-10-16(11-9-14)17-12-18(23(25,26)27)31-21(28-17)19(24)20(29-31)22(32)30(2)13-15-6-4-3-5-7-15/h3-11,17-18,28H,12-13H2,1-2H3/t17-,18-/m1/s1. The number of benzene rings is 2. The highest BCUT2D eigenvalue weighted by molar-refractivity contribution is 6.36. The number of alkyl halides is 3. The van der Waals surface area contributed by atoms with Gasteiger partial charge < -0.3 is 10.2 Å². The van der Waals surface area contributed by atoms with E-state index in [-0.39, 0.29) is 29.5 Å². The van der Waals surface area contributed by atoms with Crippen LogP contribution in [0.5, 0.6) is 0 Å². The highest BCUT2D eigenvalue weighted by atomic mass is 35.5. The first-order chi connectivity index (χ1) is 15.1. The average Bonchev–Trinajstić information content (AvgIpc) is 3.09. The Bertz CT molecular complexity index is 1110. The van der Waals surface area contributed by atoms with E-state index in [0.29, 0.717) is 5.56 Å². The number of amides is 1. The number of hydrogen-bond donors (Lipinski definition) is 1. The summed E-state index contributed by atoms with van der Waals surface area (Å²) < 4.78 is 42.6. The van der Waals surface area contributed by atoms with Crippen LogP contribution >= 0.6 is 11.6 Å². The van der Waals surface area contributed by atoms with Crippen molar-refractivity contribution >= 4 is 23.3 Å². The molecule has 0 saturated heterocycles. The third-order valence-corrected chi connectivity index (χ3v) is 5.95. The fourth-order valence-electron chi connectivity index (χ4n) is 3.85. The normalized spacial score (nSPS) is 18.1. The predicted molar refractivity (Wildman–Crippen MR) is 117 cm³/mol. The molecule has 5 nitrogen and oxygen atoms in total. The Balaban J connectivity index is 1.67. The molecular weight excluding hydrogens is 441 g/mol. The number of rotatable bonds is 4. The van der Waals surface area contributed by atoms with Crippen LogP contribution in [0, 0.1) is 6.92 Å². The van der Waals surface area contributed by atoms with E-state index in [1.165, 1.54) is 4.90 Å². The van der Waals surface area contributed by atoms with Crippen molar-refractivity contribution in [2.24, 2.45) is 0 Å². The molecular formula is C23H22ClF3N4O. The lowest BCUT2D eigenvalue weighted by Crippen LogP contribution is -2.36. The number of halogens is 4. The Morgan fingerprint density at radius 2 is 1.84 bits per heavy atom. The SMILES string of the molecule is Cc1ccc([C@H]2C[C@H](C(F)(F)F)n3nc(C(=O)N(C)Cc4ccccc4)c(Cl)c3N2)cc1. The number of aryl methyl sites for hydroxylation is 1. The first-order valence-corrected chi connectivity index (χ1v) is 10.5. The third kappa shape index (κ3) is 4.32. The Morgan fingerprint density at radius 1 is 1.19 bits per heavy atom. The minimum atomic E-state index is -4.55. The quantitative estimate of drug-likeness (QED) is 0.535. The van der Waals surface area contributed by atoms with Crippen LogP contribution in [0.4, 0.5) is 19.0 Å². The highest BCUT2D eigenvalue weighted by Crippen LogP contribution is 2.46. The summed E-state index contributed by atoms with van der Waals surface area (Å²) in [5, 5.41) is 6.97. The Hall–Kier alpha value is -3.00. The second-order valence-corrected chi connectivity index (χ2v) is 8.38. The smallest absolute Gasteiger partial charge is 0.362 e. The Kier molecular flexibility index (Phi) is 5.90. The van der Waals surface area contributed by atoms with Crippen LogP contribution in [0.25, 0.3) is 0 Å². The van der Waals surface area contributed by atoms with E-state index in [4.69, 9.17) is 11.6 Å². The van der Waals surface area contributed by atoms with Gasteiger partial charge in [0, 0.05) is 20.0 Å². The van der Waals surface area contributed by atoms with Crippen molar-refractivity contribution in [3.8, 4) is 0 Å². The van der Waals surface area contributed by atoms with E-state index in [2.05, 4.69) is 10.4 Å². The van der Waals surface area contributed by atoms with Gasteiger partial charge in [-0.15, -0.1) is 0 Å². The number of hydrogen-bond acceptors (Lipinski definition) is 3. The highest BCUT2D eigenvalue weighted by Gasteiger charge is 2.48. The van der Waals surface area contributed by atoms with E-state index in [1.807, 2.05) is 49.4 Å². The molecule has 1 aromatic heterocycles. The van der Waals surface area contributed by atoms with E-state index < -0.39 is 24.2 Å². The van der Waals surface area contributed by atoms with Crippen molar-refractivity contribution in [2.45, 2.75) is 38.1 Å². The molecule has 0 bridgehead atoms. The lowest BCUT2D eigenvalue weighted by atomic mass is 9.96. The number of fused-ring (bicyclic) bond motifs is 1.